The predicted octanol–water partition coefficient (Wildman–Crippen LogP) is 2.39. The van der Waals surface area contributed by atoms with E-state index in [1.54, 1.807) is 6.20 Å². The maximum atomic E-state index is 13.2. The fourth-order valence-electron chi connectivity index (χ4n) is 3.83. The number of nitrogens with two attached hydrogens (primary N) is 1. The molecule has 10 nitrogen and oxygen atoms in total. The first-order chi connectivity index (χ1) is 19.9. The number of primary amides is 1. The van der Waals surface area contributed by atoms with E-state index < -0.39 is 40.3 Å². The molecule has 1 aliphatic rings. The molecule has 4 rings (SSSR count). The van der Waals surface area contributed by atoms with E-state index in [2.05, 4.69) is 16.0 Å². The second-order valence-electron chi connectivity index (χ2n) is 9.21. The summed E-state index contributed by atoms with van der Waals surface area (Å²) in [5.41, 5.74) is 2.55. The van der Waals surface area contributed by atoms with Gasteiger partial charge < -0.3 is 16.4 Å². The van der Waals surface area contributed by atoms with Crippen molar-refractivity contribution < 1.29 is 27.2 Å². The van der Waals surface area contributed by atoms with Crippen molar-refractivity contribution in [2.75, 3.05) is 13.2 Å². The Morgan fingerprint density at radius 1 is 1.10 bits per heavy atom. The third kappa shape index (κ3) is 8.39. The number of aryl methyl sites for hydroxylation is 1. The van der Waals surface area contributed by atoms with Crippen LogP contribution in [0.1, 0.15) is 41.3 Å². The monoisotopic (exact) mass is 590 g/mol. The number of carbonyl (C=O) groups is 2. The molecule has 224 valence electrons. The zero-order valence-corrected chi connectivity index (χ0v) is 22.6. The van der Waals surface area contributed by atoms with Gasteiger partial charge in [-0.05, 0) is 42.3 Å². The minimum atomic E-state index is -4.68. The number of rotatable bonds is 8. The lowest BCUT2D eigenvalue weighted by atomic mass is 10.2. The quantitative estimate of drug-likeness (QED) is 0.297. The maximum absolute atomic E-state index is 13.2. The van der Waals surface area contributed by atoms with Crippen molar-refractivity contribution in [2.45, 2.75) is 39.0 Å². The van der Waals surface area contributed by atoms with Crippen LogP contribution in [0.25, 0.3) is 5.69 Å². The van der Waals surface area contributed by atoms with Crippen molar-refractivity contribution in [3.05, 3.63) is 110 Å². The molecule has 0 fully saturated rings. The summed E-state index contributed by atoms with van der Waals surface area (Å²) in [5.74, 6) is -1.62. The molecule has 0 saturated carbocycles. The van der Waals surface area contributed by atoms with Crippen molar-refractivity contribution in [1.82, 2.24) is 25.1 Å². The van der Waals surface area contributed by atoms with Crippen LogP contribution in [0.5, 0.6) is 0 Å². The van der Waals surface area contributed by atoms with E-state index in [1.807, 2.05) is 6.92 Å². The van der Waals surface area contributed by atoms with Gasteiger partial charge in [0.15, 0.2) is 0 Å². The van der Waals surface area contributed by atoms with Crippen LogP contribution in [0, 0.1) is 5.82 Å². The molecule has 0 atom stereocenters. The number of hydrogen-bond acceptors (Lipinski definition) is 6. The van der Waals surface area contributed by atoms with Crippen LogP contribution in [0.4, 0.5) is 17.6 Å². The number of unbranched alkanes of at least 4 members (excludes halogenated alkanes) is 1. The van der Waals surface area contributed by atoms with E-state index in [0.29, 0.717) is 47.8 Å². The molecule has 42 heavy (non-hydrogen) atoms. The van der Waals surface area contributed by atoms with Crippen LogP contribution in [0.2, 0.25) is 0 Å². The van der Waals surface area contributed by atoms with Crippen molar-refractivity contribution in [3.63, 3.8) is 0 Å². The molecule has 2 heterocycles. The molecule has 1 aliphatic heterocycles. The van der Waals surface area contributed by atoms with Crippen molar-refractivity contribution in [1.29, 1.82) is 0 Å². The van der Waals surface area contributed by atoms with Gasteiger partial charge in [-0.15, -0.1) is 0 Å². The average Bonchev–Trinajstić information content (AvgIpc) is 2.97. The molecular weight excluding hydrogens is 560 g/mol. The average molecular weight is 591 g/mol. The number of aromatic nitrogens is 2. The molecule has 14 heteroatoms. The molecule has 3 aromatic rings. The summed E-state index contributed by atoms with van der Waals surface area (Å²) in [6, 6.07) is 9.14. The Labute approximate surface area is 237 Å². The van der Waals surface area contributed by atoms with Gasteiger partial charge in [0, 0.05) is 37.6 Å². The predicted molar refractivity (Wildman–Crippen MR) is 147 cm³/mol. The first-order valence-electron chi connectivity index (χ1n) is 12.9. The highest BCUT2D eigenvalue weighted by atomic mass is 19.4. The van der Waals surface area contributed by atoms with Gasteiger partial charge in [0.25, 0.3) is 11.5 Å². The number of carbonyl (C=O) groups excluding carboxylic acids is 2. The number of halogens is 4. The SMILES string of the molecule is CCCCn1cc(C(=O)NCc2ccc(F)cc2)c(=O)n(-c2cccc(C(F)(F)F)c2)c1=O.NC(=O)C1=CNCNC1. The van der Waals surface area contributed by atoms with Gasteiger partial charge in [-0.25, -0.2) is 13.8 Å². The fourth-order valence-corrected chi connectivity index (χ4v) is 3.83. The second kappa shape index (κ2) is 14.3. The van der Waals surface area contributed by atoms with Crippen LogP contribution < -0.4 is 32.9 Å². The molecule has 0 saturated heterocycles. The fraction of sp³-hybridized carbons (Fsp3) is 0.286. The lowest BCUT2D eigenvalue weighted by Gasteiger charge is -2.14. The Bertz CT molecular complexity index is 1560. The topological polar surface area (TPSA) is 140 Å². The van der Waals surface area contributed by atoms with E-state index in [9.17, 15) is 36.7 Å². The Morgan fingerprint density at radius 2 is 1.81 bits per heavy atom. The molecule has 0 radical (unpaired) electrons. The number of alkyl halides is 3. The zero-order valence-electron chi connectivity index (χ0n) is 22.6. The zero-order chi connectivity index (χ0) is 30.9. The van der Waals surface area contributed by atoms with E-state index in [0.717, 1.165) is 22.9 Å². The van der Waals surface area contributed by atoms with Crippen LogP contribution in [0.3, 0.4) is 0 Å². The summed E-state index contributed by atoms with van der Waals surface area (Å²) in [5, 5.41) is 8.30. The van der Waals surface area contributed by atoms with Crippen LogP contribution in [-0.4, -0.2) is 34.2 Å². The van der Waals surface area contributed by atoms with Gasteiger partial charge in [-0.1, -0.05) is 31.5 Å². The summed E-state index contributed by atoms with van der Waals surface area (Å²) in [7, 11) is 0. The molecule has 0 unspecified atom stereocenters. The van der Waals surface area contributed by atoms with Gasteiger partial charge in [0.05, 0.1) is 17.9 Å². The number of benzene rings is 2. The molecule has 1 aromatic heterocycles. The Balaban J connectivity index is 0.000000458. The van der Waals surface area contributed by atoms with E-state index in [1.165, 1.54) is 30.3 Å². The van der Waals surface area contributed by atoms with Crippen LogP contribution in [0.15, 0.2) is 76.1 Å². The molecule has 0 bridgehead atoms. The van der Waals surface area contributed by atoms with Gasteiger partial charge >= 0.3 is 11.9 Å². The first kappa shape index (κ1) is 31.8. The van der Waals surface area contributed by atoms with Gasteiger partial charge in [-0.3, -0.25) is 24.3 Å². The summed E-state index contributed by atoms with van der Waals surface area (Å²) >= 11 is 0. The highest BCUT2D eigenvalue weighted by molar-refractivity contribution is 5.93. The van der Waals surface area contributed by atoms with E-state index in [4.69, 9.17) is 5.73 Å². The lowest BCUT2D eigenvalue weighted by Crippen LogP contribution is -2.43. The summed E-state index contributed by atoms with van der Waals surface area (Å²) in [6.45, 7) is 3.31. The molecule has 2 aromatic carbocycles. The Kier molecular flexibility index (Phi) is 10.8. The molecular formula is C28H30F4N6O4. The van der Waals surface area contributed by atoms with E-state index >= 15 is 0 Å². The van der Waals surface area contributed by atoms with Crippen molar-refractivity contribution in [2.24, 2.45) is 5.73 Å². The molecule has 0 aliphatic carbocycles. The van der Waals surface area contributed by atoms with E-state index in [-0.39, 0.29) is 24.7 Å². The third-order valence-electron chi connectivity index (χ3n) is 6.09. The van der Waals surface area contributed by atoms with Crippen molar-refractivity contribution >= 4 is 11.8 Å². The van der Waals surface area contributed by atoms with Gasteiger partial charge in [0.2, 0.25) is 5.91 Å². The molecule has 5 N–H and O–H groups in total. The Morgan fingerprint density at radius 3 is 2.38 bits per heavy atom. The normalized spacial score (nSPS) is 12.8. The summed E-state index contributed by atoms with van der Waals surface area (Å²) in [4.78, 5) is 49.1. The van der Waals surface area contributed by atoms with Crippen LogP contribution >= 0.6 is 0 Å². The smallest absolute Gasteiger partial charge is 0.378 e. The van der Waals surface area contributed by atoms with Crippen LogP contribution in [-0.2, 0) is 24.1 Å². The summed E-state index contributed by atoms with van der Waals surface area (Å²) in [6.07, 6.45) is -0.660. The van der Waals surface area contributed by atoms with Gasteiger partial charge in [-0.2, -0.15) is 13.2 Å². The highest BCUT2D eigenvalue weighted by Gasteiger charge is 2.31. The number of amides is 2. The van der Waals surface area contributed by atoms with Gasteiger partial charge in [0.1, 0.15) is 11.4 Å². The lowest BCUT2D eigenvalue weighted by molar-refractivity contribution is -0.137. The summed E-state index contributed by atoms with van der Waals surface area (Å²) < 4.78 is 54.3. The number of nitrogens with one attached hydrogen (secondary N) is 3. The third-order valence-corrected chi connectivity index (χ3v) is 6.09. The van der Waals surface area contributed by atoms with Crippen molar-refractivity contribution in [3.8, 4) is 5.69 Å². The molecule has 2 amide bonds. The maximum Gasteiger partial charge on any atom is 0.416 e. The molecule has 0 spiro atoms. The number of hydrogen-bond donors (Lipinski definition) is 4. The first-order valence-corrected chi connectivity index (χ1v) is 12.9. The standard InChI is InChI=1S/C23H21F4N3O3.C5H9N3O/c1-2-3-11-29-14-19(20(31)28-13-15-7-9-17(24)10-8-15)21(32)30(22(29)33)18-6-4-5-16(12-18)23(25,26)27;6-5(9)4-1-7-3-8-2-4/h4-10,12,14H,2-3,11,13H2,1H3,(H,28,31);1,7-8H,2-3H2,(H2,6,9). The largest absolute Gasteiger partial charge is 0.416 e. The second-order valence-corrected chi connectivity index (χ2v) is 9.21. The minimum Gasteiger partial charge on any atom is -0.378 e. The minimum absolute atomic E-state index is 0.0177. The highest BCUT2D eigenvalue weighted by Crippen LogP contribution is 2.29. The Hall–Kier alpha value is -4.72. The number of nitrogens with zero attached hydrogens (tertiary/aromatic N) is 2.